The third-order valence-corrected chi connectivity index (χ3v) is 5.53. The number of phenolic OH excluding ortho intramolecular Hbond substituents is 2. The quantitative estimate of drug-likeness (QED) is 0.739. The Bertz CT molecular complexity index is 860. The number of nitrogens with zero attached hydrogens (tertiary/aromatic N) is 1. The van der Waals surface area contributed by atoms with E-state index in [1.165, 1.54) is 0 Å². The van der Waals surface area contributed by atoms with Crippen LogP contribution in [0.1, 0.15) is 51.9 Å². The van der Waals surface area contributed by atoms with E-state index in [9.17, 15) is 15.3 Å². The van der Waals surface area contributed by atoms with Crippen molar-refractivity contribution in [1.82, 2.24) is 4.90 Å². The minimum absolute atomic E-state index is 0.0150. The Balaban J connectivity index is 1.71. The third-order valence-electron chi connectivity index (χ3n) is 5.53. The molecule has 2 fully saturated rings. The van der Waals surface area contributed by atoms with Gasteiger partial charge < -0.3 is 15.3 Å². The number of rotatable bonds is 2. The van der Waals surface area contributed by atoms with Gasteiger partial charge in [0.1, 0.15) is 17.2 Å². The van der Waals surface area contributed by atoms with Crippen molar-refractivity contribution in [2.45, 2.75) is 51.9 Å². The zero-order valence-corrected chi connectivity index (χ0v) is 14.5. The predicted molar refractivity (Wildman–Crippen MR) is 92.0 cm³/mol. The Kier molecular flexibility index (Phi) is 3.06. The number of benzene rings is 2. The summed E-state index contributed by atoms with van der Waals surface area (Å²) in [6.07, 6.45) is 0.570. The van der Waals surface area contributed by atoms with E-state index in [0.717, 1.165) is 33.4 Å². The standard InChI is InChI=1S/C20H23NO3/c1-10-5-12(3)17(22)14(7-10)16-9-20(24)19(21(16)20)15-8-11(2)6-13(4)18(15)23/h5-8,16,19,22-24H,9H2,1-4H3. The van der Waals surface area contributed by atoms with Crippen LogP contribution < -0.4 is 0 Å². The summed E-state index contributed by atoms with van der Waals surface area (Å²) in [6.45, 7) is 7.78. The van der Waals surface area contributed by atoms with E-state index in [2.05, 4.69) is 0 Å². The Labute approximate surface area is 142 Å². The molecule has 24 heavy (non-hydrogen) atoms. The fraction of sp³-hybridized carbons (Fsp3) is 0.400. The average molecular weight is 325 g/mol. The second-order valence-corrected chi connectivity index (χ2v) is 7.45. The van der Waals surface area contributed by atoms with Crippen molar-refractivity contribution < 1.29 is 15.3 Å². The van der Waals surface area contributed by atoms with Crippen LogP contribution in [0.3, 0.4) is 0 Å². The van der Waals surface area contributed by atoms with Gasteiger partial charge in [-0.1, -0.05) is 35.4 Å². The van der Waals surface area contributed by atoms with Crippen LogP contribution in [0, 0.1) is 27.7 Å². The molecule has 4 rings (SSSR count). The molecule has 4 heteroatoms. The monoisotopic (exact) mass is 325 g/mol. The smallest absolute Gasteiger partial charge is 0.141 e. The van der Waals surface area contributed by atoms with Gasteiger partial charge in [-0.05, 0) is 38.8 Å². The van der Waals surface area contributed by atoms with E-state index < -0.39 is 5.72 Å². The van der Waals surface area contributed by atoms with Gasteiger partial charge in [-0.25, -0.2) is 0 Å². The molecule has 0 aromatic heterocycles. The van der Waals surface area contributed by atoms with Gasteiger partial charge in [-0.2, -0.15) is 0 Å². The van der Waals surface area contributed by atoms with E-state index in [1.54, 1.807) is 0 Å². The summed E-state index contributed by atoms with van der Waals surface area (Å²) in [5, 5.41) is 31.6. The highest BCUT2D eigenvalue weighted by molar-refractivity contribution is 5.53. The molecule has 0 spiro atoms. The molecular formula is C20H23NO3. The number of phenols is 2. The second kappa shape index (κ2) is 4.74. The van der Waals surface area contributed by atoms with Gasteiger partial charge in [0.05, 0.1) is 6.04 Å². The normalized spacial score (nSPS) is 30.6. The fourth-order valence-corrected chi connectivity index (χ4v) is 4.39. The van der Waals surface area contributed by atoms with E-state index in [1.807, 2.05) is 56.9 Å². The molecule has 0 radical (unpaired) electrons. The third kappa shape index (κ3) is 1.93. The summed E-state index contributed by atoms with van der Waals surface area (Å²) in [7, 11) is 0. The largest absolute Gasteiger partial charge is 0.507 e. The first kappa shape index (κ1) is 15.5. The molecular weight excluding hydrogens is 302 g/mol. The molecule has 0 saturated carbocycles. The van der Waals surface area contributed by atoms with E-state index >= 15 is 0 Å². The lowest BCUT2D eigenvalue weighted by Crippen LogP contribution is -2.35. The van der Waals surface area contributed by atoms with Gasteiger partial charge in [0, 0.05) is 23.6 Å². The summed E-state index contributed by atoms with van der Waals surface area (Å²) >= 11 is 0. The average Bonchev–Trinajstić information content (AvgIpc) is 2.96. The highest BCUT2D eigenvalue weighted by atomic mass is 16.3. The van der Waals surface area contributed by atoms with Gasteiger partial charge in [0.15, 0.2) is 0 Å². The minimum Gasteiger partial charge on any atom is -0.507 e. The zero-order chi connectivity index (χ0) is 17.4. The van der Waals surface area contributed by atoms with Crippen LogP contribution in [-0.2, 0) is 0 Å². The van der Waals surface area contributed by atoms with Crippen LogP contribution in [0.15, 0.2) is 24.3 Å². The first-order chi connectivity index (χ1) is 11.2. The first-order valence-corrected chi connectivity index (χ1v) is 8.35. The number of aliphatic hydroxyl groups is 1. The molecule has 4 atom stereocenters. The molecule has 2 aromatic rings. The van der Waals surface area contributed by atoms with Crippen LogP contribution >= 0.6 is 0 Å². The molecule has 0 aliphatic carbocycles. The van der Waals surface area contributed by atoms with E-state index in [4.69, 9.17) is 0 Å². The van der Waals surface area contributed by atoms with E-state index in [0.29, 0.717) is 12.2 Å². The van der Waals surface area contributed by atoms with Gasteiger partial charge in [-0.15, -0.1) is 0 Å². The molecule has 0 amide bonds. The first-order valence-electron chi connectivity index (χ1n) is 8.35. The van der Waals surface area contributed by atoms with Crippen molar-refractivity contribution in [2.24, 2.45) is 0 Å². The maximum absolute atomic E-state index is 10.8. The lowest BCUT2D eigenvalue weighted by molar-refractivity contribution is -0.0248. The van der Waals surface area contributed by atoms with Crippen molar-refractivity contribution in [2.75, 3.05) is 0 Å². The number of hydrogen-bond acceptors (Lipinski definition) is 4. The van der Waals surface area contributed by atoms with Crippen LogP contribution in [0.2, 0.25) is 0 Å². The summed E-state index contributed by atoms with van der Waals surface area (Å²) in [5.74, 6) is 0.569. The Morgan fingerprint density at radius 3 is 1.96 bits per heavy atom. The molecule has 126 valence electrons. The number of fused-ring (bicyclic) bond motifs is 1. The molecule has 4 nitrogen and oxygen atoms in total. The minimum atomic E-state index is -0.896. The van der Waals surface area contributed by atoms with Crippen LogP contribution in [0.5, 0.6) is 11.5 Å². The van der Waals surface area contributed by atoms with Crippen LogP contribution in [-0.4, -0.2) is 25.9 Å². The van der Waals surface area contributed by atoms with Crippen molar-refractivity contribution in [1.29, 1.82) is 0 Å². The summed E-state index contributed by atoms with van der Waals surface area (Å²) in [5.41, 5.74) is 4.60. The summed E-state index contributed by atoms with van der Waals surface area (Å²) < 4.78 is 0. The number of aromatic hydroxyl groups is 2. The zero-order valence-electron chi connectivity index (χ0n) is 14.5. The molecule has 4 unspecified atom stereocenters. The molecule has 3 N–H and O–H groups in total. The lowest BCUT2D eigenvalue weighted by atomic mass is 9.90. The van der Waals surface area contributed by atoms with Crippen molar-refractivity contribution in [3.05, 3.63) is 57.6 Å². The molecule has 0 bridgehead atoms. The van der Waals surface area contributed by atoms with Gasteiger partial charge in [-0.3, -0.25) is 4.90 Å². The maximum atomic E-state index is 10.8. The highest BCUT2D eigenvalue weighted by Gasteiger charge is 2.74. The molecule has 2 saturated heterocycles. The SMILES string of the molecule is Cc1cc(C)c(O)c(C2CC3(O)C(c4cc(C)cc(C)c4O)N23)c1. The maximum Gasteiger partial charge on any atom is 0.141 e. The lowest BCUT2D eigenvalue weighted by Gasteiger charge is -2.33. The van der Waals surface area contributed by atoms with Crippen molar-refractivity contribution >= 4 is 0 Å². The highest BCUT2D eigenvalue weighted by Crippen LogP contribution is 2.71. The van der Waals surface area contributed by atoms with E-state index in [-0.39, 0.29) is 17.8 Å². The fourth-order valence-electron chi connectivity index (χ4n) is 4.39. The van der Waals surface area contributed by atoms with Crippen LogP contribution in [0.25, 0.3) is 0 Å². The Morgan fingerprint density at radius 1 is 0.875 bits per heavy atom. The van der Waals surface area contributed by atoms with Gasteiger partial charge >= 0.3 is 0 Å². The predicted octanol–water partition coefficient (Wildman–Crippen LogP) is 3.52. The number of hydrogen-bond donors (Lipinski definition) is 3. The molecule has 2 aromatic carbocycles. The Hall–Kier alpha value is -2.04. The van der Waals surface area contributed by atoms with Gasteiger partial charge in [0.2, 0.25) is 0 Å². The summed E-state index contributed by atoms with van der Waals surface area (Å²) in [4.78, 5) is 1.98. The van der Waals surface area contributed by atoms with Gasteiger partial charge in [0.25, 0.3) is 0 Å². The van der Waals surface area contributed by atoms with Crippen molar-refractivity contribution in [3.8, 4) is 11.5 Å². The molecule has 2 heterocycles. The van der Waals surface area contributed by atoms with Crippen LogP contribution in [0.4, 0.5) is 0 Å². The number of aryl methyl sites for hydroxylation is 4. The molecule has 2 aliphatic heterocycles. The second-order valence-electron chi connectivity index (χ2n) is 7.45. The summed E-state index contributed by atoms with van der Waals surface area (Å²) in [6, 6.07) is 7.61. The van der Waals surface area contributed by atoms with Crippen molar-refractivity contribution in [3.63, 3.8) is 0 Å². The topological polar surface area (TPSA) is 63.7 Å². The Morgan fingerprint density at radius 2 is 1.38 bits per heavy atom. The molecule has 2 aliphatic rings.